The number of urea groups is 1. The number of amides is 4. The lowest BCUT2D eigenvalue weighted by Crippen LogP contribution is -2.38. The molecule has 0 radical (unpaired) electrons. The molecule has 2 aromatic carbocycles. The highest BCUT2D eigenvalue weighted by Crippen LogP contribution is 2.26. The predicted octanol–water partition coefficient (Wildman–Crippen LogP) is 4.55. The van der Waals surface area contributed by atoms with Gasteiger partial charge >= 0.3 is 6.03 Å². The Morgan fingerprint density at radius 3 is 2.32 bits per heavy atom. The number of hydrogen-bond donors (Lipinski definition) is 2. The highest BCUT2D eigenvalue weighted by molar-refractivity contribution is 6.16. The first-order chi connectivity index (χ1) is 16.1. The number of nitrogens with zero attached hydrogens (tertiary/aromatic N) is 2. The summed E-state index contributed by atoms with van der Waals surface area (Å²) in [6.07, 6.45) is 1.67. The molecule has 2 N–H and O–H groups in total. The molecule has 1 aliphatic rings. The van der Waals surface area contributed by atoms with Crippen LogP contribution in [-0.2, 0) is 9.59 Å². The van der Waals surface area contributed by atoms with E-state index in [1.54, 1.807) is 18.2 Å². The van der Waals surface area contributed by atoms with Gasteiger partial charge in [0, 0.05) is 22.8 Å². The Morgan fingerprint density at radius 2 is 1.62 bits per heavy atom. The Bertz CT molecular complexity index is 1330. The molecule has 0 spiro atoms. The summed E-state index contributed by atoms with van der Waals surface area (Å²) < 4.78 is 2.14. The van der Waals surface area contributed by atoms with Crippen molar-refractivity contribution in [1.29, 1.82) is 0 Å². The van der Waals surface area contributed by atoms with E-state index >= 15 is 0 Å². The number of carbonyl (C=O) groups is 3. The van der Waals surface area contributed by atoms with Crippen molar-refractivity contribution in [3.05, 3.63) is 87.9 Å². The molecule has 0 bridgehead atoms. The molecule has 1 aliphatic heterocycles. The lowest BCUT2D eigenvalue weighted by Gasteiger charge is -2.13. The number of aromatic nitrogens is 1. The fraction of sp³-hybridized carbons (Fsp3) is 0.222. The molecule has 0 aliphatic carbocycles. The highest BCUT2D eigenvalue weighted by atomic mass is 16.2. The van der Waals surface area contributed by atoms with Crippen LogP contribution in [0.5, 0.6) is 0 Å². The Kier molecular flexibility index (Phi) is 6.11. The minimum atomic E-state index is -0.612. The Hall–Kier alpha value is -4.13. The molecule has 2 heterocycles. The Balaban J connectivity index is 1.55. The van der Waals surface area contributed by atoms with Gasteiger partial charge in [-0.15, -0.1) is 0 Å². The van der Waals surface area contributed by atoms with Crippen LogP contribution in [0.15, 0.2) is 54.2 Å². The van der Waals surface area contributed by atoms with Crippen LogP contribution in [0.2, 0.25) is 0 Å². The van der Waals surface area contributed by atoms with E-state index in [-0.39, 0.29) is 12.2 Å². The largest absolute Gasteiger partial charge is 0.329 e. The molecule has 4 amide bonds. The van der Waals surface area contributed by atoms with Crippen molar-refractivity contribution in [2.45, 2.75) is 34.6 Å². The second kappa shape index (κ2) is 9.02. The molecule has 1 saturated heterocycles. The first-order valence-electron chi connectivity index (χ1n) is 11.1. The van der Waals surface area contributed by atoms with Gasteiger partial charge in [-0.05, 0) is 81.7 Å². The SMILES string of the molecule is Cc1ccc(NC(=O)CN2C(=O)N/C(=C/c3cc(C)n(-c4cc(C)ccc4C)c3C)C2=O)cc1. The maximum Gasteiger partial charge on any atom is 0.329 e. The monoisotopic (exact) mass is 456 g/mol. The predicted molar refractivity (Wildman–Crippen MR) is 133 cm³/mol. The van der Waals surface area contributed by atoms with Gasteiger partial charge in [0.15, 0.2) is 0 Å². The molecular weight excluding hydrogens is 428 g/mol. The van der Waals surface area contributed by atoms with Crippen LogP contribution in [0.1, 0.15) is 33.6 Å². The minimum absolute atomic E-state index is 0.148. The number of rotatable bonds is 5. The van der Waals surface area contributed by atoms with Gasteiger partial charge < -0.3 is 15.2 Å². The topological polar surface area (TPSA) is 83.4 Å². The van der Waals surface area contributed by atoms with Crippen molar-refractivity contribution in [2.75, 3.05) is 11.9 Å². The van der Waals surface area contributed by atoms with Gasteiger partial charge in [0.25, 0.3) is 5.91 Å². The van der Waals surface area contributed by atoms with Crippen molar-refractivity contribution in [3.8, 4) is 5.69 Å². The van der Waals surface area contributed by atoms with Crippen LogP contribution in [0, 0.1) is 34.6 Å². The average molecular weight is 457 g/mol. The smallest absolute Gasteiger partial charge is 0.325 e. The number of hydrogen-bond acceptors (Lipinski definition) is 3. The summed E-state index contributed by atoms with van der Waals surface area (Å²) in [7, 11) is 0. The zero-order valence-electron chi connectivity index (χ0n) is 20.0. The van der Waals surface area contributed by atoms with E-state index in [1.807, 2.05) is 39.0 Å². The van der Waals surface area contributed by atoms with E-state index in [9.17, 15) is 14.4 Å². The number of aryl methyl sites for hydroxylation is 4. The van der Waals surface area contributed by atoms with Crippen LogP contribution in [0.3, 0.4) is 0 Å². The first kappa shape index (κ1) is 23.0. The van der Waals surface area contributed by atoms with Crippen molar-refractivity contribution in [3.63, 3.8) is 0 Å². The molecule has 4 rings (SSSR count). The summed E-state index contributed by atoms with van der Waals surface area (Å²) >= 11 is 0. The summed E-state index contributed by atoms with van der Waals surface area (Å²) in [5.74, 6) is -0.970. The van der Waals surface area contributed by atoms with Gasteiger partial charge in [-0.3, -0.25) is 9.59 Å². The van der Waals surface area contributed by atoms with E-state index in [0.29, 0.717) is 5.69 Å². The van der Waals surface area contributed by atoms with E-state index in [4.69, 9.17) is 0 Å². The number of benzene rings is 2. The van der Waals surface area contributed by atoms with Gasteiger partial charge in [-0.1, -0.05) is 29.8 Å². The average Bonchev–Trinajstić information content (AvgIpc) is 3.21. The second-order valence-electron chi connectivity index (χ2n) is 8.75. The standard InChI is InChI=1S/C27H28N4O3/c1-16-7-10-22(11-8-16)28-25(32)15-30-26(33)23(29-27(30)34)14-21-13-19(4)31(20(21)5)24-12-17(2)6-9-18(24)3/h6-14H,15H2,1-5H3,(H,28,32)(H,29,34)/b23-14+. The molecular formula is C27H28N4O3. The van der Waals surface area contributed by atoms with Gasteiger partial charge in [0.05, 0.1) is 0 Å². The molecule has 0 saturated carbocycles. The van der Waals surface area contributed by atoms with E-state index in [1.165, 1.54) is 0 Å². The summed E-state index contributed by atoms with van der Waals surface area (Å²) in [5.41, 5.74) is 8.00. The van der Waals surface area contributed by atoms with Crippen molar-refractivity contribution < 1.29 is 14.4 Å². The molecule has 0 unspecified atom stereocenters. The Labute approximate surface area is 199 Å². The third-order valence-corrected chi connectivity index (χ3v) is 5.98. The molecule has 0 atom stereocenters. The third-order valence-electron chi connectivity index (χ3n) is 5.98. The van der Waals surface area contributed by atoms with Crippen LogP contribution < -0.4 is 10.6 Å². The molecule has 1 fully saturated rings. The maximum atomic E-state index is 12.9. The summed E-state index contributed by atoms with van der Waals surface area (Å²) in [4.78, 5) is 38.7. The quantitative estimate of drug-likeness (QED) is 0.436. The minimum Gasteiger partial charge on any atom is -0.325 e. The summed E-state index contributed by atoms with van der Waals surface area (Å²) in [6.45, 7) is 9.69. The Morgan fingerprint density at radius 1 is 0.941 bits per heavy atom. The summed E-state index contributed by atoms with van der Waals surface area (Å²) in [6, 6.07) is 15.0. The van der Waals surface area contributed by atoms with Crippen molar-refractivity contribution >= 4 is 29.6 Å². The van der Waals surface area contributed by atoms with Crippen molar-refractivity contribution in [1.82, 2.24) is 14.8 Å². The second-order valence-corrected chi connectivity index (χ2v) is 8.75. The van der Waals surface area contributed by atoms with Crippen LogP contribution >= 0.6 is 0 Å². The highest BCUT2D eigenvalue weighted by Gasteiger charge is 2.35. The fourth-order valence-electron chi connectivity index (χ4n) is 4.12. The number of nitrogens with one attached hydrogen (secondary N) is 2. The van der Waals surface area contributed by atoms with Gasteiger partial charge in [0.1, 0.15) is 12.2 Å². The summed E-state index contributed by atoms with van der Waals surface area (Å²) in [5, 5.41) is 5.32. The zero-order valence-corrected chi connectivity index (χ0v) is 20.0. The fourth-order valence-corrected chi connectivity index (χ4v) is 4.12. The molecule has 3 aromatic rings. The number of anilines is 1. The van der Waals surface area contributed by atoms with Gasteiger partial charge in [-0.2, -0.15) is 0 Å². The van der Waals surface area contributed by atoms with Crippen molar-refractivity contribution in [2.24, 2.45) is 0 Å². The lowest BCUT2D eigenvalue weighted by atomic mass is 10.1. The van der Waals surface area contributed by atoms with E-state index in [2.05, 4.69) is 47.2 Å². The zero-order chi connectivity index (χ0) is 24.6. The van der Waals surface area contributed by atoms with E-state index in [0.717, 1.165) is 44.2 Å². The molecule has 34 heavy (non-hydrogen) atoms. The lowest BCUT2D eigenvalue weighted by molar-refractivity contribution is -0.127. The van der Waals surface area contributed by atoms with Crippen LogP contribution in [0.4, 0.5) is 10.5 Å². The molecule has 7 nitrogen and oxygen atoms in total. The third kappa shape index (κ3) is 4.50. The molecule has 7 heteroatoms. The first-order valence-corrected chi connectivity index (χ1v) is 11.1. The van der Waals surface area contributed by atoms with Gasteiger partial charge in [0.2, 0.25) is 5.91 Å². The van der Waals surface area contributed by atoms with Crippen LogP contribution in [-0.4, -0.2) is 33.9 Å². The maximum absolute atomic E-state index is 12.9. The molecule has 1 aromatic heterocycles. The number of carbonyl (C=O) groups excluding carboxylic acids is 3. The van der Waals surface area contributed by atoms with E-state index < -0.39 is 17.8 Å². The number of imide groups is 1. The molecule has 174 valence electrons. The van der Waals surface area contributed by atoms with Crippen LogP contribution in [0.25, 0.3) is 11.8 Å². The normalized spacial score (nSPS) is 14.6. The van der Waals surface area contributed by atoms with Gasteiger partial charge in [-0.25, -0.2) is 9.69 Å².